The third-order valence-corrected chi connectivity index (χ3v) is 6.58. The van der Waals surface area contributed by atoms with Gasteiger partial charge in [0.15, 0.2) is 18.0 Å². The molecule has 2 aliphatic heterocycles. The summed E-state index contributed by atoms with van der Waals surface area (Å²) in [6, 6.07) is 18.4. The topological polar surface area (TPSA) is 33.8 Å². The number of rotatable bonds is 3. The molecule has 0 spiro atoms. The lowest BCUT2D eigenvalue weighted by atomic mass is 9.91. The molecule has 0 N–H and O–H groups in total. The first-order valence-corrected chi connectivity index (χ1v) is 11.2. The minimum atomic E-state index is 0. The van der Waals surface area contributed by atoms with Gasteiger partial charge >= 0.3 is 0 Å². The predicted molar refractivity (Wildman–Crippen MR) is 128 cm³/mol. The number of benzene rings is 3. The summed E-state index contributed by atoms with van der Waals surface area (Å²) >= 11 is 9.90. The van der Waals surface area contributed by atoms with Crippen molar-refractivity contribution in [2.45, 2.75) is 6.42 Å². The van der Waals surface area contributed by atoms with Crippen LogP contribution >= 0.6 is 27.5 Å². The van der Waals surface area contributed by atoms with Crippen LogP contribution < -0.4 is 26.5 Å². The second kappa shape index (κ2) is 9.38. The van der Waals surface area contributed by atoms with Crippen molar-refractivity contribution >= 4 is 44.6 Å². The largest absolute Gasteiger partial charge is 1.00 e. The molecule has 0 unspecified atom stereocenters. The lowest BCUT2D eigenvalue weighted by Crippen LogP contribution is -3.00. The summed E-state index contributed by atoms with van der Waals surface area (Å²) in [4.78, 5) is 5.07. The van der Waals surface area contributed by atoms with Gasteiger partial charge < -0.3 is 26.5 Å². The fraction of sp³-hybridized carbons (Fsp3) is 0.200. The van der Waals surface area contributed by atoms with E-state index in [0.29, 0.717) is 5.02 Å². The Balaban J connectivity index is 0.00000245. The van der Waals surface area contributed by atoms with Gasteiger partial charge in [-0.1, -0.05) is 39.7 Å². The standard InChI is InChI=1S/C25H21BrClN2O2.BrH/c1-30-23-11-16-9-10-29-14-22(15-3-5-17(26)6-4-15)28-21-12-18(27)7-8-19(21)25(29)20(16)13-24(23)31-2;/h3-8,11-13H,9-10,14H2,1-2H3;1H/q+1;/p-1. The van der Waals surface area contributed by atoms with E-state index >= 15 is 0 Å². The number of aliphatic imine (C=N–C) groups is 1. The van der Waals surface area contributed by atoms with Gasteiger partial charge in [0, 0.05) is 21.5 Å². The van der Waals surface area contributed by atoms with Crippen LogP contribution in [0.15, 0.2) is 64.1 Å². The summed E-state index contributed by atoms with van der Waals surface area (Å²) in [6.07, 6.45) is 0.926. The highest BCUT2D eigenvalue weighted by molar-refractivity contribution is 9.10. The van der Waals surface area contributed by atoms with E-state index in [1.807, 2.05) is 12.1 Å². The SMILES string of the molecule is COc1cc2c(cc1OC)C1=[N+](CC2)CC(c2ccc(Br)cc2)=Nc2cc(Cl)ccc21.[Br-]. The number of fused-ring (bicyclic) bond motifs is 4. The smallest absolute Gasteiger partial charge is 0.217 e. The molecule has 0 atom stereocenters. The van der Waals surface area contributed by atoms with Gasteiger partial charge in [0.25, 0.3) is 0 Å². The van der Waals surface area contributed by atoms with Crippen LogP contribution in [0.3, 0.4) is 0 Å². The lowest BCUT2D eigenvalue weighted by molar-refractivity contribution is -0.512. The molecule has 0 saturated carbocycles. The third-order valence-electron chi connectivity index (χ3n) is 5.82. The fourth-order valence-electron chi connectivity index (χ4n) is 4.32. The Morgan fingerprint density at radius 2 is 1.66 bits per heavy atom. The highest BCUT2D eigenvalue weighted by Crippen LogP contribution is 2.37. The zero-order chi connectivity index (χ0) is 21.5. The average molecular weight is 577 g/mol. The minimum Gasteiger partial charge on any atom is -1.00 e. The van der Waals surface area contributed by atoms with Crippen molar-refractivity contribution < 1.29 is 31.0 Å². The van der Waals surface area contributed by atoms with Gasteiger partial charge in [-0.05, 0) is 48.0 Å². The van der Waals surface area contributed by atoms with E-state index in [1.165, 1.54) is 5.56 Å². The van der Waals surface area contributed by atoms with Gasteiger partial charge in [-0.25, -0.2) is 9.57 Å². The normalized spacial score (nSPS) is 14.3. The molecular weight excluding hydrogens is 556 g/mol. The molecule has 2 aliphatic rings. The molecule has 2 heterocycles. The molecule has 5 rings (SSSR count). The predicted octanol–water partition coefficient (Wildman–Crippen LogP) is 2.66. The summed E-state index contributed by atoms with van der Waals surface area (Å²) in [5.74, 6) is 1.48. The molecule has 3 aromatic rings. The number of hydrogen-bond acceptors (Lipinski definition) is 3. The van der Waals surface area contributed by atoms with Crippen LogP contribution in [0, 0.1) is 0 Å². The summed E-state index contributed by atoms with van der Waals surface area (Å²) in [6.45, 7) is 1.62. The molecule has 3 aromatic carbocycles. The fourth-order valence-corrected chi connectivity index (χ4v) is 4.75. The first-order chi connectivity index (χ1) is 15.1. The molecule has 0 fully saturated rings. The molecule has 32 heavy (non-hydrogen) atoms. The van der Waals surface area contributed by atoms with Gasteiger partial charge in [-0.15, -0.1) is 0 Å². The van der Waals surface area contributed by atoms with Crippen LogP contribution in [0.1, 0.15) is 22.3 Å². The minimum absolute atomic E-state index is 0. The Labute approximate surface area is 211 Å². The van der Waals surface area contributed by atoms with Crippen molar-refractivity contribution in [2.24, 2.45) is 4.99 Å². The summed E-state index contributed by atoms with van der Waals surface area (Å²) in [7, 11) is 3.35. The molecule has 0 bridgehead atoms. The van der Waals surface area contributed by atoms with Gasteiger partial charge in [0.05, 0.1) is 31.0 Å². The van der Waals surface area contributed by atoms with Crippen LogP contribution in [0.2, 0.25) is 5.02 Å². The van der Waals surface area contributed by atoms with Gasteiger partial charge in [0.1, 0.15) is 12.3 Å². The maximum Gasteiger partial charge on any atom is 0.217 e. The molecule has 7 heteroatoms. The van der Waals surface area contributed by atoms with E-state index in [4.69, 9.17) is 26.1 Å². The van der Waals surface area contributed by atoms with Crippen molar-refractivity contribution in [2.75, 3.05) is 27.3 Å². The van der Waals surface area contributed by atoms with E-state index in [9.17, 15) is 0 Å². The molecule has 4 nitrogen and oxygen atoms in total. The number of nitrogens with zero attached hydrogens (tertiary/aromatic N) is 2. The number of methoxy groups -OCH3 is 2. The van der Waals surface area contributed by atoms with Crippen molar-refractivity contribution in [1.82, 2.24) is 0 Å². The maximum atomic E-state index is 6.37. The number of ether oxygens (including phenoxy) is 2. The van der Waals surface area contributed by atoms with Crippen molar-refractivity contribution in [1.29, 1.82) is 0 Å². The lowest BCUT2D eigenvalue weighted by Gasteiger charge is -2.20. The van der Waals surface area contributed by atoms with Gasteiger partial charge in [-0.2, -0.15) is 0 Å². The highest BCUT2D eigenvalue weighted by atomic mass is 79.9. The van der Waals surface area contributed by atoms with Crippen LogP contribution in [0.5, 0.6) is 11.5 Å². The Morgan fingerprint density at radius 1 is 0.938 bits per heavy atom. The van der Waals surface area contributed by atoms with E-state index in [1.54, 1.807) is 14.2 Å². The van der Waals surface area contributed by atoms with E-state index in [-0.39, 0.29) is 17.0 Å². The zero-order valence-corrected chi connectivity index (χ0v) is 21.6. The molecule has 0 saturated heterocycles. The second-order valence-corrected chi connectivity index (χ2v) is 8.96. The van der Waals surface area contributed by atoms with Crippen molar-refractivity contribution in [3.63, 3.8) is 0 Å². The Bertz CT molecular complexity index is 1250. The van der Waals surface area contributed by atoms with Crippen LogP contribution in [0.4, 0.5) is 5.69 Å². The highest BCUT2D eigenvalue weighted by Gasteiger charge is 2.33. The third kappa shape index (κ3) is 4.12. The molecule has 164 valence electrons. The maximum absolute atomic E-state index is 6.37. The first kappa shape index (κ1) is 23.0. The van der Waals surface area contributed by atoms with Crippen LogP contribution in [-0.4, -0.2) is 43.3 Å². The van der Waals surface area contributed by atoms with E-state index < -0.39 is 0 Å². The van der Waals surface area contributed by atoms with Crippen LogP contribution in [0.25, 0.3) is 0 Å². The van der Waals surface area contributed by atoms with Crippen molar-refractivity contribution in [3.8, 4) is 11.5 Å². The Hall–Kier alpha value is -2.15. The van der Waals surface area contributed by atoms with Crippen LogP contribution in [-0.2, 0) is 6.42 Å². The summed E-state index contributed by atoms with van der Waals surface area (Å²) < 4.78 is 14.6. The molecule has 0 aromatic heterocycles. The molecular formula is C25H21Br2ClN2O2. The Morgan fingerprint density at radius 3 is 2.38 bits per heavy atom. The quantitative estimate of drug-likeness (QED) is 0.450. The Kier molecular flexibility index (Phi) is 6.75. The zero-order valence-electron chi connectivity index (χ0n) is 17.7. The van der Waals surface area contributed by atoms with E-state index in [2.05, 4.69) is 63.0 Å². The van der Waals surface area contributed by atoms with Crippen molar-refractivity contribution in [3.05, 3.63) is 86.3 Å². The van der Waals surface area contributed by atoms with E-state index in [0.717, 1.165) is 69.3 Å². The summed E-state index contributed by atoms with van der Waals surface area (Å²) in [5.41, 5.74) is 7.64. The number of hydrogen-bond donors (Lipinski definition) is 0. The number of halogens is 3. The van der Waals surface area contributed by atoms with Gasteiger partial charge in [-0.3, -0.25) is 0 Å². The monoisotopic (exact) mass is 574 g/mol. The molecule has 0 aliphatic carbocycles. The average Bonchev–Trinajstić information content (AvgIpc) is 2.95. The molecule has 0 amide bonds. The van der Waals surface area contributed by atoms with Gasteiger partial charge in [0.2, 0.25) is 5.71 Å². The first-order valence-electron chi connectivity index (χ1n) is 10.1. The summed E-state index contributed by atoms with van der Waals surface area (Å²) in [5, 5.41) is 0.676. The molecule has 0 radical (unpaired) electrons. The second-order valence-electron chi connectivity index (χ2n) is 7.61.